The Hall–Kier alpha value is -2.41. The van der Waals surface area contributed by atoms with Gasteiger partial charge in [0, 0.05) is 5.69 Å². The zero-order valence-electron chi connectivity index (χ0n) is 12.5. The number of alkyl halides is 3. The van der Waals surface area contributed by atoms with Crippen LogP contribution in [0.3, 0.4) is 0 Å². The van der Waals surface area contributed by atoms with E-state index in [9.17, 15) is 27.5 Å². The molecule has 24 heavy (non-hydrogen) atoms. The molecule has 2 aromatic carbocycles. The van der Waals surface area contributed by atoms with Gasteiger partial charge in [0.05, 0.1) is 18.9 Å². The molecule has 0 aliphatic heterocycles. The van der Waals surface area contributed by atoms with E-state index in [1.165, 1.54) is 42.5 Å². The van der Waals surface area contributed by atoms with Crippen LogP contribution in [-0.2, 0) is 11.2 Å². The van der Waals surface area contributed by atoms with Crippen LogP contribution in [-0.4, -0.2) is 17.2 Å². The summed E-state index contributed by atoms with van der Waals surface area (Å²) in [6.45, 7) is 0. The lowest BCUT2D eigenvalue weighted by Gasteiger charge is -2.12. The summed E-state index contributed by atoms with van der Waals surface area (Å²) in [5.41, 5.74) is 0.670. The molecule has 0 saturated heterocycles. The van der Waals surface area contributed by atoms with E-state index >= 15 is 0 Å². The predicted octanol–water partition coefficient (Wildman–Crippen LogP) is 3.99. The molecule has 0 spiro atoms. The van der Waals surface area contributed by atoms with Crippen LogP contribution in [0.15, 0.2) is 48.5 Å². The minimum Gasteiger partial charge on any atom is -0.388 e. The molecule has 2 rings (SSSR count). The summed E-state index contributed by atoms with van der Waals surface area (Å²) >= 11 is 0. The Balaban J connectivity index is 1.92. The summed E-state index contributed by atoms with van der Waals surface area (Å²) in [6, 6.07) is 10.5. The quantitative estimate of drug-likeness (QED) is 0.808. The molecule has 1 atom stereocenters. The van der Waals surface area contributed by atoms with Crippen LogP contribution in [0.25, 0.3) is 0 Å². The second-order valence-corrected chi connectivity index (χ2v) is 5.31. The van der Waals surface area contributed by atoms with Crippen LogP contribution < -0.4 is 5.32 Å². The van der Waals surface area contributed by atoms with Crippen LogP contribution in [0, 0.1) is 5.82 Å². The highest BCUT2D eigenvalue weighted by atomic mass is 19.4. The number of anilines is 1. The molecule has 3 nitrogen and oxygen atoms in total. The van der Waals surface area contributed by atoms with Crippen LogP contribution in [0.5, 0.6) is 0 Å². The van der Waals surface area contributed by atoms with E-state index < -0.39 is 30.4 Å². The first-order chi connectivity index (χ1) is 11.2. The highest BCUT2D eigenvalue weighted by molar-refractivity contribution is 5.91. The Bertz CT molecular complexity index is 698. The number of hydrogen-bond donors (Lipinski definition) is 2. The maximum atomic E-state index is 13.1. The molecule has 2 N–H and O–H groups in total. The second-order valence-electron chi connectivity index (χ2n) is 5.31. The second kappa shape index (κ2) is 7.44. The Morgan fingerprint density at radius 1 is 1.12 bits per heavy atom. The number of aliphatic hydroxyl groups excluding tert-OH is 1. The number of rotatable bonds is 5. The molecule has 0 aliphatic rings. The third-order valence-electron chi connectivity index (χ3n) is 3.25. The van der Waals surface area contributed by atoms with Gasteiger partial charge in [-0.05, 0) is 35.4 Å². The monoisotopic (exact) mass is 341 g/mol. The molecule has 0 saturated carbocycles. The molecular formula is C17H15F4NO2. The minimum atomic E-state index is -4.29. The van der Waals surface area contributed by atoms with Gasteiger partial charge in [-0.3, -0.25) is 4.79 Å². The summed E-state index contributed by atoms with van der Waals surface area (Å²) in [6.07, 6.45) is -6.81. The Morgan fingerprint density at radius 3 is 2.38 bits per heavy atom. The van der Waals surface area contributed by atoms with Crippen molar-refractivity contribution in [3.63, 3.8) is 0 Å². The first-order valence-electron chi connectivity index (χ1n) is 7.12. The fraction of sp³-hybridized carbons (Fsp3) is 0.235. The van der Waals surface area contributed by atoms with Crippen molar-refractivity contribution in [2.75, 3.05) is 5.32 Å². The normalized spacial score (nSPS) is 12.7. The third-order valence-corrected chi connectivity index (χ3v) is 3.25. The van der Waals surface area contributed by atoms with Crippen molar-refractivity contribution in [2.24, 2.45) is 0 Å². The van der Waals surface area contributed by atoms with Gasteiger partial charge in [0.1, 0.15) is 5.82 Å². The highest BCUT2D eigenvalue weighted by Crippen LogP contribution is 2.23. The lowest BCUT2D eigenvalue weighted by molar-refractivity contribution is -0.127. The summed E-state index contributed by atoms with van der Waals surface area (Å²) in [5, 5.41) is 12.4. The molecule has 2 aromatic rings. The smallest absolute Gasteiger partial charge is 0.388 e. The maximum Gasteiger partial charge on any atom is 0.393 e. The SMILES string of the molecule is O=C(CC(O)c1cccc(F)c1)Nc1ccc(CC(F)(F)F)cc1. The van der Waals surface area contributed by atoms with Crippen LogP contribution in [0.2, 0.25) is 0 Å². The van der Waals surface area contributed by atoms with E-state index in [1.54, 1.807) is 0 Å². The molecule has 7 heteroatoms. The first kappa shape index (κ1) is 17.9. The van der Waals surface area contributed by atoms with Gasteiger partial charge < -0.3 is 10.4 Å². The Labute approximate surface area is 135 Å². The number of nitrogens with one attached hydrogen (secondary N) is 1. The lowest BCUT2D eigenvalue weighted by atomic mass is 10.1. The van der Waals surface area contributed by atoms with Crippen LogP contribution in [0.4, 0.5) is 23.2 Å². The maximum absolute atomic E-state index is 13.1. The van der Waals surface area contributed by atoms with Crippen molar-refractivity contribution in [1.82, 2.24) is 0 Å². The van der Waals surface area contributed by atoms with Gasteiger partial charge in [-0.25, -0.2) is 4.39 Å². The van der Waals surface area contributed by atoms with E-state index in [4.69, 9.17) is 0 Å². The van der Waals surface area contributed by atoms with Crippen LogP contribution in [0.1, 0.15) is 23.7 Å². The Morgan fingerprint density at radius 2 is 1.79 bits per heavy atom. The van der Waals surface area contributed by atoms with Gasteiger partial charge in [0.15, 0.2) is 0 Å². The number of halogens is 4. The Kier molecular flexibility index (Phi) is 5.56. The lowest BCUT2D eigenvalue weighted by Crippen LogP contribution is -2.16. The van der Waals surface area contributed by atoms with Gasteiger partial charge in [-0.1, -0.05) is 24.3 Å². The summed E-state index contributed by atoms with van der Waals surface area (Å²) < 4.78 is 49.9. The van der Waals surface area contributed by atoms with Gasteiger partial charge in [0.2, 0.25) is 5.91 Å². The number of amides is 1. The minimum absolute atomic E-state index is 0.0836. The molecule has 1 amide bonds. The van der Waals surface area contributed by atoms with Crippen molar-refractivity contribution < 1.29 is 27.5 Å². The van der Waals surface area contributed by atoms with Gasteiger partial charge in [-0.15, -0.1) is 0 Å². The third kappa shape index (κ3) is 5.66. The van der Waals surface area contributed by atoms with E-state index in [0.717, 1.165) is 6.07 Å². The standard InChI is InChI=1S/C17H15F4NO2/c18-13-3-1-2-12(8-13)15(23)9-16(24)22-14-6-4-11(5-7-14)10-17(19,20)21/h1-8,15,23H,9-10H2,(H,22,24). The summed E-state index contributed by atoms with van der Waals surface area (Å²) in [4.78, 5) is 11.8. The topological polar surface area (TPSA) is 49.3 Å². The molecule has 0 radical (unpaired) electrons. The molecule has 128 valence electrons. The molecule has 0 fully saturated rings. The summed E-state index contributed by atoms with van der Waals surface area (Å²) in [5.74, 6) is -1.05. The first-order valence-corrected chi connectivity index (χ1v) is 7.12. The molecule has 0 bridgehead atoms. The van der Waals surface area contributed by atoms with Crippen LogP contribution >= 0.6 is 0 Å². The number of carbonyl (C=O) groups is 1. The van der Waals surface area contributed by atoms with Crippen molar-refractivity contribution in [1.29, 1.82) is 0 Å². The molecular weight excluding hydrogens is 326 g/mol. The number of hydrogen-bond acceptors (Lipinski definition) is 2. The van der Waals surface area contributed by atoms with E-state index in [2.05, 4.69) is 5.32 Å². The number of aliphatic hydroxyl groups is 1. The molecule has 0 aliphatic carbocycles. The van der Waals surface area contributed by atoms with Crippen molar-refractivity contribution in [3.05, 3.63) is 65.5 Å². The largest absolute Gasteiger partial charge is 0.393 e. The zero-order chi connectivity index (χ0) is 17.7. The fourth-order valence-corrected chi connectivity index (χ4v) is 2.16. The zero-order valence-corrected chi connectivity index (χ0v) is 12.5. The van der Waals surface area contributed by atoms with E-state index in [0.29, 0.717) is 5.69 Å². The number of benzene rings is 2. The molecule has 1 unspecified atom stereocenters. The average molecular weight is 341 g/mol. The van der Waals surface area contributed by atoms with Gasteiger partial charge >= 0.3 is 6.18 Å². The van der Waals surface area contributed by atoms with Gasteiger partial charge in [-0.2, -0.15) is 13.2 Å². The number of carbonyl (C=O) groups excluding carboxylic acids is 1. The predicted molar refractivity (Wildman–Crippen MR) is 80.8 cm³/mol. The molecule has 0 aromatic heterocycles. The van der Waals surface area contributed by atoms with Crippen molar-refractivity contribution >= 4 is 11.6 Å². The summed E-state index contributed by atoms with van der Waals surface area (Å²) in [7, 11) is 0. The van der Waals surface area contributed by atoms with Crippen molar-refractivity contribution in [3.8, 4) is 0 Å². The highest BCUT2D eigenvalue weighted by Gasteiger charge is 2.27. The van der Waals surface area contributed by atoms with Crippen molar-refractivity contribution in [2.45, 2.75) is 25.1 Å². The fourth-order valence-electron chi connectivity index (χ4n) is 2.16. The average Bonchev–Trinajstić information content (AvgIpc) is 2.47. The van der Waals surface area contributed by atoms with Gasteiger partial charge in [0.25, 0.3) is 0 Å². The van der Waals surface area contributed by atoms with E-state index in [1.807, 2.05) is 0 Å². The molecule has 0 heterocycles. The van der Waals surface area contributed by atoms with E-state index in [-0.39, 0.29) is 17.5 Å².